The Balaban J connectivity index is 1.59. The van der Waals surface area contributed by atoms with E-state index in [1.54, 1.807) is 18.2 Å². The first-order valence-corrected chi connectivity index (χ1v) is 8.79. The van der Waals surface area contributed by atoms with E-state index in [0.717, 1.165) is 22.3 Å². The van der Waals surface area contributed by atoms with Gasteiger partial charge < -0.3 is 14.2 Å². The number of fused-ring (bicyclic) bond motifs is 1. The average molecular weight is 366 g/mol. The molecule has 0 unspecified atom stereocenters. The Morgan fingerprint density at radius 1 is 0.963 bits per heavy atom. The molecule has 0 saturated carbocycles. The molecule has 1 heterocycles. The van der Waals surface area contributed by atoms with Gasteiger partial charge in [0.05, 0.1) is 0 Å². The molecule has 3 rings (SSSR count). The van der Waals surface area contributed by atoms with Gasteiger partial charge in [0, 0.05) is 11.6 Å². The molecule has 2 aromatic carbocycles. The number of benzene rings is 2. The van der Waals surface area contributed by atoms with Crippen LogP contribution >= 0.6 is 0 Å². The Morgan fingerprint density at radius 3 is 2.44 bits per heavy atom. The van der Waals surface area contributed by atoms with Crippen molar-refractivity contribution < 1.29 is 23.8 Å². The molecule has 1 aliphatic heterocycles. The molecule has 0 amide bonds. The number of ether oxygens (including phenoxy) is 3. The van der Waals surface area contributed by atoms with Crippen molar-refractivity contribution in [2.45, 2.75) is 20.8 Å². The zero-order chi connectivity index (χ0) is 19.4. The molecule has 0 bridgehead atoms. The molecule has 5 nitrogen and oxygen atoms in total. The molecule has 0 N–H and O–H groups in total. The molecule has 140 valence electrons. The molecule has 0 aromatic heterocycles. The van der Waals surface area contributed by atoms with Crippen LogP contribution in [0.1, 0.15) is 32.6 Å². The topological polar surface area (TPSA) is 61.8 Å². The number of Topliss-reactive ketones (excluding diaryl/α,β-unsaturated/α-hetero) is 1. The fourth-order valence-electron chi connectivity index (χ4n) is 2.85. The Hall–Kier alpha value is -3.08. The van der Waals surface area contributed by atoms with Gasteiger partial charge in [0.1, 0.15) is 13.2 Å². The van der Waals surface area contributed by atoms with E-state index >= 15 is 0 Å². The van der Waals surface area contributed by atoms with Gasteiger partial charge in [0.15, 0.2) is 18.1 Å². The third kappa shape index (κ3) is 4.56. The van der Waals surface area contributed by atoms with Crippen molar-refractivity contribution in [3.8, 4) is 11.5 Å². The van der Waals surface area contributed by atoms with E-state index < -0.39 is 5.97 Å². The van der Waals surface area contributed by atoms with E-state index in [4.69, 9.17) is 14.2 Å². The quantitative estimate of drug-likeness (QED) is 0.457. The normalized spacial score (nSPS) is 12.9. The van der Waals surface area contributed by atoms with Crippen molar-refractivity contribution in [1.29, 1.82) is 0 Å². The summed E-state index contributed by atoms with van der Waals surface area (Å²) < 4.78 is 16.1. The largest absolute Gasteiger partial charge is 0.486 e. The number of rotatable bonds is 5. The van der Waals surface area contributed by atoms with Crippen molar-refractivity contribution in [2.24, 2.45) is 0 Å². The first-order chi connectivity index (χ1) is 12.9. The van der Waals surface area contributed by atoms with Gasteiger partial charge in [-0.1, -0.05) is 12.1 Å². The first kappa shape index (κ1) is 18.7. The van der Waals surface area contributed by atoms with Crippen LogP contribution in [0.15, 0.2) is 36.4 Å². The van der Waals surface area contributed by atoms with Gasteiger partial charge in [0.25, 0.3) is 0 Å². The molecule has 27 heavy (non-hydrogen) atoms. The van der Waals surface area contributed by atoms with Crippen LogP contribution in [0, 0.1) is 20.8 Å². The SMILES string of the molecule is Cc1cc(C)c(C(=O)COC(=O)/C=C/c2ccc3c(c2)OCCO3)cc1C. The minimum absolute atomic E-state index is 0.211. The molecule has 0 radical (unpaired) electrons. The molecule has 0 fully saturated rings. The number of hydrogen-bond donors (Lipinski definition) is 0. The summed E-state index contributed by atoms with van der Waals surface area (Å²) in [5.74, 6) is 0.559. The molecule has 2 aromatic rings. The third-order valence-electron chi connectivity index (χ3n) is 4.46. The predicted molar refractivity (Wildman–Crippen MR) is 102 cm³/mol. The summed E-state index contributed by atoms with van der Waals surface area (Å²) in [6.07, 6.45) is 2.91. The van der Waals surface area contributed by atoms with Gasteiger partial charge in [-0.05, 0) is 67.3 Å². The number of ketones is 1. The first-order valence-electron chi connectivity index (χ1n) is 8.79. The highest BCUT2D eigenvalue weighted by atomic mass is 16.6. The zero-order valence-corrected chi connectivity index (χ0v) is 15.7. The molecular formula is C22H22O5. The summed E-state index contributed by atoms with van der Waals surface area (Å²) in [5, 5.41) is 0. The predicted octanol–water partition coefficient (Wildman–Crippen LogP) is 3.82. The smallest absolute Gasteiger partial charge is 0.331 e. The van der Waals surface area contributed by atoms with Crippen LogP contribution in [0.4, 0.5) is 0 Å². The van der Waals surface area contributed by atoms with E-state index in [1.165, 1.54) is 6.08 Å². The maximum atomic E-state index is 12.3. The van der Waals surface area contributed by atoms with Gasteiger partial charge in [-0.25, -0.2) is 4.79 Å². The lowest BCUT2D eigenvalue weighted by atomic mass is 9.98. The van der Waals surface area contributed by atoms with Gasteiger partial charge >= 0.3 is 5.97 Å². The average Bonchev–Trinajstić information content (AvgIpc) is 2.67. The minimum Gasteiger partial charge on any atom is -0.486 e. The van der Waals surface area contributed by atoms with Crippen molar-refractivity contribution in [2.75, 3.05) is 19.8 Å². The molecule has 5 heteroatoms. The zero-order valence-electron chi connectivity index (χ0n) is 15.7. The Morgan fingerprint density at radius 2 is 1.67 bits per heavy atom. The fraction of sp³-hybridized carbons (Fsp3) is 0.273. The van der Waals surface area contributed by atoms with E-state index in [-0.39, 0.29) is 12.4 Å². The highest BCUT2D eigenvalue weighted by Crippen LogP contribution is 2.31. The van der Waals surface area contributed by atoms with E-state index in [1.807, 2.05) is 39.0 Å². The van der Waals surface area contributed by atoms with Crippen LogP contribution in [0.3, 0.4) is 0 Å². The Labute approximate surface area is 158 Å². The second kappa shape index (κ2) is 8.08. The second-order valence-corrected chi connectivity index (χ2v) is 6.52. The molecule has 0 aliphatic carbocycles. The lowest BCUT2D eigenvalue weighted by molar-refractivity contribution is -0.136. The van der Waals surface area contributed by atoms with Gasteiger partial charge in [-0.3, -0.25) is 4.79 Å². The van der Waals surface area contributed by atoms with Crippen LogP contribution in [-0.2, 0) is 9.53 Å². The maximum Gasteiger partial charge on any atom is 0.331 e. The third-order valence-corrected chi connectivity index (χ3v) is 4.46. The van der Waals surface area contributed by atoms with Crippen LogP contribution in [0.25, 0.3) is 6.08 Å². The minimum atomic E-state index is -0.570. The number of esters is 1. The molecule has 0 saturated heterocycles. The fourth-order valence-corrected chi connectivity index (χ4v) is 2.85. The number of carbonyl (C=O) groups is 2. The summed E-state index contributed by atoms with van der Waals surface area (Å²) in [4.78, 5) is 24.3. The van der Waals surface area contributed by atoms with E-state index in [2.05, 4.69) is 0 Å². The van der Waals surface area contributed by atoms with Crippen molar-refractivity contribution in [1.82, 2.24) is 0 Å². The summed E-state index contributed by atoms with van der Waals surface area (Å²) in [5.41, 5.74) is 4.41. The second-order valence-electron chi connectivity index (χ2n) is 6.52. The molecule has 1 aliphatic rings. The van der Waals surface area contributed by atoms with E-state index in [9.17, 15) is 9.59 Å². The van der Waals surface area contributed by atoms with Gasteiger partial charge in [0.2, 0.25) is 5.78 Å². The maximum absolute atomic E-state index is 12.3. The highest BCUT2D eigenvalue weighted by Gasteiger charge is 2.13. The Bertz CT molecular complexity index is 911. The standard InChI is InChI=1S/C22H22O5/c1-14-10-16(3)18(11-15(14)2)19(23)13-27-22(24)7-5-17-4-6-20-21(12-17)26-9-8-25-20/h4-7,10-12H,8-9,13H2,1-3H3/b7-5+. The summed E-state index contributed by atoms with van der Waals surface area (Å²) in [7, 11) is 0. The van der Waals surface area contributed by atoms with Crippen LogP contribution in [0.5, 0.6) is 11.5 Å². The van der Waals surface area contributed by atoms with Crippen molar-refractivity contribution >= 4 is 17.8 Å². The summed E-state index contributed by atoms with van der Waals surface area (Å²) in [6, 6.07) is 9.21. The Kier molecular flexibility index (Phi) is 5.60. The van der Waals surface area contributed by atoms with Crippen LogP contribution < -0.4 is 9.47 Å². The number of hydrogen-bond acceptors (Lipinski definition) is 5. The number of carbonyl (C=O) groups excluding carboxylic acids is 2. The van der Waals surface area contributed by atoms with Crippen LogP contribution in [-0.4, -0.2) is 31.6 Å². The summed E-state index contributed by atoms with van der Waals surface area (Å²) in [6.45, 7) is 6.58. The monoisotopic (exact) mass is 366 g/mol. The number of aryl methyl sites for hydroxylation is 3. The summed E-state index contributed by atoms with van der Waals surface area (Å²) >= 11 is 0. The van der Waals surface area contributed by atoms with Crippen molar-refractivity contribution in [3.05, 3.63) is 64.2 Å². The molecular weight excluding hydrogens is 344 g/mol. The van der Waals surface area contributed by atoms with Crippen molar-refractivity contribution in [3.63, 3.8) is 0 Å². The lowest BCUT2D eigenvalue weighted by Gasteiger charge is -2.18. The van der Waals surface area contributed by atoms with Gasteiger partial charge in [-0.2, -0.15) is 0 Å². The van der Waals surface area contributed by atoms with Gasteiger partial charge in [-0.15, -0.1) is 0 Å². The molecule has 0 atom stereocenters. The lowest BCUT2D eigenvalue weighted by Crippen LogP contribution is -2.15. The van der Waals surface area contributed by atoms with Crippen LogP contribution in [0.2, 0.25) is 0 Å². The molecule has 0 spiro atoms. The van der Waals surface area contributed by atoms with E-state index in [0.29, 0.717) is 30.3 Å². The highest BCUT2D eigenvalue weighted by molar-refractivity contribution is 6.00.